The Morgan fingerprint density at radius 1 is 1.53 bits per heavy atom. The van der Waals surface area contributed by atoms with E-state index in [9.17, 15) is 0 Å². The highest BCUT2D eigenvalue weighted by Gasteiger charge is 2.24. The van der Waals surface area contributed by atoms with E-state index < -0.39 is 0 Å². The molecule has 0 fully saturated rings. The summed E-state index contributed by atoms with van der Waals surface area (Å²) in [5.74, 6) is 0.590. The molecule has 1 unspecified atom stereocenters. The molecule has 2 aromatic rings. The Kier molecular flexibility index (Phi) is 3.22. The van der Waals surface area contributed by atoms with Gasteiger partial charge in [0.25, 0.3) is 0 Å². The van der Waals surface area contributed by atoms with Crippen molar-refractivity contribution >= 4 is 22.7 Å². The molecule has 0 aliphatic heterocycles. The first-order valence-electron chi connectivity index (χ1n) is 5.91. The van der Waals surface area contributed by atoms with Crippen LogP contribution in [0.4, 0.5) is 0 Å². The molecule has 0 amide bonds. The van der Waals surface area contributed by atoms with Gasteiger partial charge in [0, 0.05) is 22.7 Å². The summed E-state index contributed by atoms with van der Waals surface area (Å²) in [4.78, 5) is 10.6. The zero-order valence-corrected chi connectivity index (χ0v) is 11.4. The summed E-state index contributed by atoms with van der Waals surface area (Å²) in [7, 11) is 2.02. The van der Waals surface area contributed by atoms with Gasteiger partial charge in [-0.1, -0.05) is 0 Å². The molecule has 3 nitrogen and oxygen atoms in total. The van der Waals surface area contributed by atoms with Crippen molar-refractivity contribution in [2.75, 3.05) is 13.6 Å². The van der Waals surface area contributed by atoms with Crippen LogP contribution in [-0.4, -0.2) is 23.6 Å². The van der Waals surface area contributed by atoms with Gasteiger partial charge in [0.05, 0.1) is 11.2 Å². The number of fused-ring (bicyclic) bond motifs is 1. The number of nitrogens with zero attached hydrogens (tertiary/aromatic N) is 2. The number of thiazole rings is 2. The molecule has 5 heteroatoms. The van der Waals surface area contributed by atoms with Crippen molar-refractivity contribution < 1.29 is 0 Å². The van der Waals surface area contributed by atoms with Gasteiger partial charge < -0.3 is 5.32 Å². The third-order valence-corrected chi connectivity index (χ3v) is 4.91. The summed E-state index contributed by atoms with van der Waals surface area (Å²) in [6, 6.07) is 0. The number of aromatic nitrogens is 2. The lowest BCUT2D eigenvalue weighted by Crippen LogP contribution is -2.20. The molecule has 0 radical (unpaired) electrons. The molecule has 0 saturated carbocycles. The van der Waals surface area contributed by atoms with Crippen LogP contribution in [-0.2, 0) is 6.42 Å². The molecule has 2 aromatic heterocycles. The maximum atomic E-state index is 4.82. The smallest absolute Gasteiger partial charge is 0.143 e. The van der Waals surface area contributed by atoms with Crippen LogP contribution in [0.5, 0.6) is 0 Å². The Labute approximate surface area is 109 Å². The summed E-state index contributed by atoms with van der Waals surface area (Å²) in [5, 5.41) is 6.45. The summed E-state index contributed by atoms with van der Waals surface area (Å²) in [6.45, 7) is 1.03. The third-order valence-electron chi connectivity index (χ3n) is 3.17. The Hall–Kier alpha value is -0.780. The molecule has 0 spiro atoms. The van der Waals surface area contributed by atoms with Gasteiger partial charge >= 0.3 is 0 Å². The molecule has 17 heavy (non-hydrogen) atoms. The van der Waals surface area contributed by atoms with Gasteiger partial charge in [-0.15, -0.1) is 22.7 Å². The summed E-state index contributed by atoms with van der Waals surface area (Å²) < 4.78 is 0. The first kappa shape index (κ1) is 11.3. The first-order valence-corrected chi connectivity index (χ1v) is 7.67. The third kappa shape index (κ3) is 2.14. The molecule has 1 atom stereocenters. The van der Waals surface area contributed by atoms with Crippen molar-refractivity contribution in [3.63, 3.8) is 0 Å². The average molecular weight is 265 g/mol. The highest BCUT2D eigenvalue weighted by Crippen LogP contribution is 2.37. The van der Waals surface area contributed by atoms with Crippen molar-refractivity contribution in [3.8, 4) is 10.7 Å². The molecule has 1 N–H and O–H groups in total. The monoisotopic (exact) mass is 265 g/mol. The van der Waals surface area contributed by atoms with Crippen molar-refractivity contribution in [1.29, 1.82) is 0 Å². The predicted octanol–water partition coefficient (Wildman–Crippen LogP) is 2.91. The quantitative estimate of drug-likeness (QED) is 0.927. The zero-order chi connectivity index (χ0) is 11.7. The Balaban J connectivity index is 1.96. The van der Waals surface area contributed by atoms with E-state index in [0.29, 0.717) is 5.92 Å². The molecule has 1 aliphatic rings. The van der Waals surface area contributed by atoms with Crippen molar-refractivity contribution in [3.05, 3.63) is 21.5 Å². The molecular weight excluding hydrogens is 250 g/mol. The molecule has 3 rings (SSSR count). The molecule has 90 valence electrons. The number of rotatable bonds is 3. The molecule has 1 aliphatic carbocycles. The van der Waals surface area contributed by atoms with E-state index in [0.717, 1.165) is 17.2 Å². The second-order valence-corrected chi connectivity index (χ2v) is 6.15. The number of hydrogen-bond acceptors (Lipinski definition) is 5. The van der Waals surface area contributed by atoms with E-state index in [1.165, 1.54) is 29.8 Å². The van der Waals surface area contributed by atoms with Gasteiger partial charge in [-0.25, -0.2) is 9.97 Å². The topological polar surface area (TPSA) is 37.8 Å². The highest BCUT2D eigenvalue weighted by atomic mass is 32.1. The molecule has 0 bridgehead atoms. The minimum Gasteiger partial charge on any atom is -0.319 e. The second kappa shape index (κ2) is 4.84. The SMILES string of the molecule is CNCC1CCCc2sc(-c3cscn3)nc21. The summed E-state index contributed by atoms with van der Waals surface area (Å²) >= 11 is 3.46. The minimum absolute atomic E-state index is 0.590. The Bertz CT molecular complexity index is 490. The normalized spacial score (nSPS) is 19.2. The van der Waals surface area contributed by atoms with Crippen LogP contribution >= 0.6 is 22.7 Å². The highest BCUT2D eigenvalue weighted by molar-refractivity contribution is 7.15. The molecule has 2 heterocycles. The minimum atomic E-state index is 0.590. The van der Waals surface area contributed by atoms with Gasteiger partial charge in [-0.3, -0.25) is 0 Å². The summed E-state index contributed by atoms with van der Waals surface area (Å²) in [6.07, 6.45) is 3.74. The van der Waals surface area contributed by atoms with Crippen molar-refractivity contribution in [2.45, 2.75) is 25.2 Å². The maximum Gasteiger partial charge on any atom is 0.143 e. The lowest BCUT2D eigenvalue weighted by Gasteiger charge is -2.20. The fraction of sp³-hybridized carbons (Fsp3) is 0.500. The van der Waals surface area contributed by atoms with Gasteiger partial charge in [0.15, 0.2) is 0 Å². The van der Waals surface area contributed by atoms with Crippen molar-refractivity contribution in [2.24, 2.45) is 0 Å². The van der Waals surface area contributed by atoms with Crippen LogP contribution < -0.4 is 5.32 Å². The lowest BCUT2D eigenvalue weighted by atomic mass is 9.91. The molecular formula is C12H15N3S2. The number of nitrogens with one attached hydrogen (secondary N) is 1. The van der Waals surface area contributed by atoms with Gasteiger partial charge in [-0.05, 0) is 26.3 Å². The Morgan fingerprint density at radius 2 is 2.47 bits per heavy atom. The second-order valence-electron chi connectivity index (χ2n) is 4.35. The number of hydrogen-bond donors (Lipinski definition) is 1. The fourth-order valence-corrected chi connectivity index (χ4v) is 4.15. The largest absolute Gasteiger partial charge is 0.319 e. The predicted molar refractivity (Wildman–Crippen MR) is 72.8 cm³/mol. The van der Waals surface area contributed by atoms with E-state index in [1.807, 2.05) is 23.9 Å². The molecule has 0 saturated heterocycles. The van der Waals surface area contributed by atoms with Crippen LogP contribution in [0.3, 0.4) is 0 Å². The van der Waals surface area contributed by atoms with Gasteiger partial charge in [-0.2, -0.15) is 0 Å². The van der Waals surface area contributed by atoms with Crippen LogP contribution in [0, 0.1) is 0 Å². The zero-order valence-electron chi connectivity index (χ0n) is 9.77. The summed E-state index contributed by atoms with van der Waals surface area (Å²) in [5.41, 5.74) is 4.23. The average Bonchev–Trinajstić information content (AvgIpc) is 2.98. The maximum absolute atomic E-state index is 4.82. The van der Waals surface area contributed by atoms with E-state index in [4.69, 9.17) is 4.98 Å². The van der Waals surface area contributed by atoms with E-state index >= 15 is 0 Å². The fourth-order valence-electron chi connectivity index (χ4n) is 2.38. The van der Waals surface area contributed by atoms with Crippen molar-refractivity contribution in [1.82, 2.24) is 15.3 Å². The number of likely N-dealkylation sites (N-methyl/N-ethyl adjacent to an activating group) is 1. The lowest BCUT2D eigenvalue weighted by molar-refractivity contribution is 0.523. The van der Waals surface area contributed by atoms with Crippen LogP contribution in [0.2, 0.25) is 0 Å². The van der Waals surface area contributed by atoms with E-state index in [2.05, 4.69) is 15.7 Å². The molecule has 0 aromatic carbocycles. The standard InChI is InChI=1S/C12H15N3S2/c1-13-5-8-3-2-4-10-11(8)15-12(17-10)9-6-16-7-14-9/h6-8,13H,2-5H2,1H3. The first-order chi connectivity index (χ1) is 8.38. The van der Waals surface area contributed by atoms with Gasteiger partial charge in [0.2, 0.25) is 0 Å². The van der Waals surface area contributed by atoms with Gasteiger partial charge in [0.1, 0.15) is 10.7 Å². The number of aryl methyl sites for hydroxylation is 1. The van der Waals surface area contributed by atoms with Crippen LogP contribution in [0.25, 0.3) is 10.7 Å². The van der Waals surface area contributed by atoms with E-state index in [1.54, 1.807) is 11.3 Å². The van der Waals surface area contributed by atoms with Crippen LogP contribution in [0.1, 0.15) is 29.3 Å². The van der Waals surface area contributed by atoms with E-state index in [-0.39, 0.29) is 0 Å². The van der Waals surface area contributed by atoms with Crippen LogP contribution in [0.15, 0.2) is 10.9 Å². The Morgan fingerprint density at radius 3 is 3.24 bits per heavy atom.